The van der Waals surface area contributed by atoms with E-state index in [-0.39, 0.29) is 11.8 Å². The van der Waals surface area contributed by atoms with Gasteiger partial charge in [-0.2, -0.15) is 0 Å². The maximum Gasteiger partial charge on any atom is 0.228 e. The van der Waals surface area contributed by atoms with E-state index < -0.39 is 0 Å². The van der Waals surface area contributed by atoms with Crippen LogP contribution in [0.4, 0.5) is 5.00 Å². The molecule has 0 spiro atoms. The van der Waals surface area contributed by atoms with Crippen molar-refractivity contribution in [3.63, 3.8) is 0 Å². The number of hydrogen-bond acceptors (Lipinski definition) is 2. The second-order valence-corrected chi connectivity index (χ2v) is 7.64. The molecule has 0 unspecified atom stereocenters. The van der Waals surface area contributed by atoms with Crippen LogP contribution in [0.1, 0.15) is 48.3 Å². The monoisotopic (exact) mass is 361 g/mol. The number of halogens is 1. The fourth-order valence-corrected chi connectivity index (χ4v) is 3.96. The molecule has 0 aliphatic heterocycles. The predicted octanol–water partition coefficient (Wildman–Crippen LogP) is 6.45. The van der Waals surface area contributed by atoms with Gasteiger partial charge in [-0.15, -0.1) is 11.3 Å². The first-order chi connectivity index (χ1) is 11.4. The van der Waals surface area contributed by atoms with E-state index in [4.69, 9.17) is 11.6 Å². The molecule has 24 heavy (non-hydrogen) atoms. The number of carbonyl (C=O) groups is 1. The van der Waals surface area contributed by atoms with Crippen molar-refractivity contribution in [2.24, 2.45) is 5.92 Å². The van der Waals surface area contributed by atoms with Gasteiger partial charge in [0.1, 0.15) is 5.00 Å². The third kappa shape index (κ3) is 3.90. The summed E-state index contributed by atoms with van der Waals surface area (Å²) < 4.78 is 0. The number of nitrogens with one attached hydrogen (secondary N) is 1. The van der Waals surface area contributed by atoms with Crippen molar-refractivity contribution in [2.45, 2.75) is 40.5 Å². The van der Waals surface area contributed by atoms with Crippen molar-refractivity contribution in [2.75, 3.05) is 5.32 Å². The van der Waals surface area contributed by atoms with Crippen LogP contribution in [0, 0.1) is 19.8 Å². The molecule has 1 N–H and O–H groups in total. The Balaban J connectivity index is 2.38. The van der Waals surface area contributed by atoms with E-state index in [2.05, 4.69) is 25.7 Å². The Labute approximate surface area is 153 Å². The largest absolute Gasteiger partial charge is 0.317 e. The Hall–Kier alpha value is -1.58. The zero-order chi connectivity index (χ0) is 17.9. The van der Waals surface area contributed by atoms with Crippen LogP contribution in [0.15, 0.2) is 30.8 Å². The van der Waals surface area contributed by atoms with Gasteiger partial charge in [-0.05, 0) is 55.5 Å². The van der Waals surface area contributed by atoms with E-state index in [1.807, 2.05) is 38.1 Å². The lowest BCUT2D eigenvalue weighted by Gasteiger charge is -2.14. The summed E-state index contributed by atoms with van der Waals surface area (Å²) in [5.41, 5.74) is 4.12. The zero-order valence-electron chi connectivity index (χ0n) is 14.7. The fourth-order valence-electron chi connectivity index (χ4n) is 2.75. The molecule has 0 fully saturated rings. The Bertz CT molecular complexity index is 742. The van der Waals surface area contributed by atoms with Gasteiger partial charge in [-0.3, -0.25) is 4.79 Å². The van der Waals surface area contributed by atoms with Crippen LogP contribution in [-0.4, -0.2) is 5.91 Å². The Morgan fingerprint density at radius 3 is 2.33 bits per heavy atom. The standard InChI is InChI=1S/C20H24ClNOS/c1-6-15(7-2)19(23)22-20-18(12(3)14(5)24-20)13(4)16-8-10-17(21)11-9-16/h8-11,15H,4,6-7H2,1-3,5H3,(H,22,23). The minimum absolute atomic E-state index is 0.0457. The van der Waals surface area contributed by atoms with Gasteiger partial charge >= 0.3 is 0 Å². The van der Waals surface area contributed by atoms with E-state index >= 15 is 0 Å². The van der Waals surface area contributed by atoms with Crippen LogP contribution in [0.3, 0.4) is 0 Å². The molecule has 128 valence electrons. The molecule has 1 aromatic carbocycles. The van der Waals surface area contributed by atoms with E-state index in [9.17, 15) is 4.79 Å². The Morgan fingerprint density at radius 1 is 1.21 bits per heavy atom. The summed E-state index contributed by atoms with van der Waals surface area (Å²) in [5.74, 6) is 0.135. The average molecular weight is 362 g/mol. The molecule has 2 nitrogen and oxygen atoms in total. The summed E-state index contributed by atoms with van der Waals surface area (Å²) in [5, 5.41) is 4.72. The van der Waals surface area contributed by atoms with E-state index in [1.165, 1.54) is 10.4 Å². The smallest absolute Gasteiger partial charge is 0.228 e. The first-order valence-electron chi connectivity index (χ1n) is 8.25. The molecule has 0 atom stereocenters. The van der Waals surface area contributed by atoms with Gasteiger partial charge in [-0.25, -0.2) is 0 Å². The SMILES string of the molecule is C=C(c1ccc(Cl)cc1)c1c(NC(=O)C(CC)CC)sc(C)c1C. The molecule has 2 aromatic rings. The minimum Gasteiger partial charge on any atom is -0.317 e. The predicted molar refractivity (Wildman–Crippen MR) is 106 cm³/mol. The van der Waals surface area contributed by atoms with Gasteiger partial charge in [-0.1, -0.05) is 44.2 Å². The van der Waals surface area contributed by atoms with Crippen molar-refractivity contribution < 1.29 is 4.79 Å². The zero-order valence-corrected chi connectivity index (χ0v) is 16.3. The van der Waals surface area contributed by atoms with Crippen LogP contribution in [0.2, 0.25) is 5.02 Å². The molecule has 0 saturated heterocycles. The van der Waals surface area contributed by atoms with Crippen molar-refractivity contribution in [1.82, 2.24) is 0 Å². The van der Waals surface area contributed by atoms with Gasteiger partial charge < -0.3 is 5.32 Å². The first-order valence-corrected chi connectivity index (χ1v) is 9.44. The molecule has 0 aliphatic carbocycles. The molecule has 0 radical (unpaired) electrons. The number of carbonyl (C=O) groups excluding carboxylic acids is 1. The number of aryl methyl sites for hydroxylation is 1. The van der Waals surface area contributed by atoms with Crippen LogP contribution in [-0.2, 0) is 4.79 Å². The van der Waals surface area contributed by atoms with Crippen LogP contribution in [0.25, 0.3) is 5.57 Å². The van der Waals surface area contributed by atoms with Crippen molar-refractivity contribution in [3.8, 4) is 0 Å². The highest BCUT2D eigenvalue weighted by Crippen LogP contribution is 2.39. The molecule has 2 rings (SSSR count). The maximum absolute atomic E-state index is 12.5. The minimum atomic E-state index is 0.0457. The molecule has 1 heterocycles. The van der Waals surface area contributed by atoms with Gasteiger partial charge in [0.2, 0.25) is 5.91 Å². The molecule has 1 amide bonds. The molecule has 0 aliphatic rings. The van der Waals surface area contributed by atoms with E-state index in [0.717, 1.165) is 34.5 Å². The number of benzene rings is 1. The first kappa shape index (κ1) is 18.8. The van der Waals surface area contributed by atoms with Gasteiger partial charge in [0.25, 0.3) is 0 Å². The lowest BCUT2D eigenvalue weighted by atomic mass is 9.97. The summed E-state index contributed by atoms with van der Waals surface area (Å²) >= 11 is 7.60. The average Bonchev–Trinajstić information content (AvgIpc) is 2.83. The molecule has 0 bridgehead atoms. The fraction of sp³-hybridized carbons (Fsp3) is 0.350. The molecule has 0 saturated carbocycles. The van der Waals surface area contributed by atoms with Gasteiger partial charge in [0.15, 0.2) is 0 Å². The molecule has 1 aromatic heterocycles. The summed E-state index contributed by atoms with van der Waals surface area (Å²) in [7, 11) is 0. The summed E-state index contributed by atoms with van der Waals surface area (Å²) in [4.78, 5) is 13.7. The Morgan fingerprint density at radius 2 is 1.79 bits per heavy atom. The number of anilines is 1. The quantitative estimate of drug-likeness (QED) is 0.628. The van der Waals surface area contributed by atoms with Gasteiger partial charge in [0.05, 0.1) is 0 Å². The second-order valence-electron chi connectivity index (χ2n) is 5.98. The summed E-state index contributed by atoms with van der Waals surface area (Å²) in [6.45, 7) is 12.5. The molecular weight excluding hydrogens is 338 g/mol. The number of hydrogen-bond donors (Lipinski definition) is 1. The number of thiophene rings is 1. The number of amides is 1. The summed E-state index contributed by atoms with van der Waals surface area (Å²) in [6, 6.07) is 7.64. The second kappa shape index (κ2) is 8.00. The third-order valence-corrected chi connectivity index (χ3v) is 5.85. The summed E-state index contributed by atoms with van der Waals surface area (Å²) in [6.07, 6.45) is 1.69. The highest BCUT2D eigenvalue weighted by Gasteiger charge is 2.21. The van der Waals surface area contributed by atoms with Crippen molar-refractivity contribution in [3.05, 3.63) is 57.4 Å². The van der Waals surface area contributed by atoms with E-state index in [0.29, 0.717) is 5.02 Å². The lowest BCUT2D eigenvalue weighted by Crippen LogP contribution is -2.21. The Kier molecular flexibility index (Phi) is 6.25. The van der Waals surface area contributed by atoms with Crippen LogP contribution < -0.4 is 5.32 Å². The normalized spacial score (nSPS) is 10.9. The molecular formula is C20H24ClNOS. The van der Waals surface area contributed by atoms with Gasteiger partial charge in [0, 0.05) is 21.4 Å². The van der Waals surface area contributed by atoms with E-state index in [1.54, 1.807) is 11.3 Å². The third-order valence-electron chi connectivity index (χ3n) is 4.47. The van der Waals surface area contributed by atoms with Crippen LogP contribution >= 0.6 is 22.9 Å². The topological polar surface area (TPSA) is 29.1 Å². The van der Waals surface area contributed by atoms with Crippen molar-refractivity contribution >= 4 is 39.4 Å². The maximum atomic E-state index is 12.5. The number of rotatable bonds is 6. The highest BCUT2D eigenvalue weighted by molar-refractivity contribution is 7.16. The van der Waals surface area contributed by atoms with Crippen molar-refractivity contribution in [1.29, 1.82) is 0 Å². The van der Waals surface area contributed by atoms with Crippen LogP contribution in [0.5, 0.6) is 0 Å². The highest BCUT2D eigenvalue weighted by atomic mass is 35.5. The lowest BCUT2D eigenvalue weighted by molar-refractivity contribution is -0.120. The molecule has 4 heteroatoms.